The molecule has 0 saturated carbocycles. The van der Waals surface area contributed by atoms with Crippen LogP contribution < -0.4 is 67.5 Å². The third kappa shape index (κ3) is 8.18. The van der Waals surface area contributed by atoms with Crippen molar-refractivity contribution in [3.8, 4) is 11.5 Å². The molecular formula is C6H4Na2O6S2. The van der Waals surface area contributed by atoms with E-state index in [1.807, 2.05) is 0 Å². The number of hydrogen-bond acceptors (Lipinski definition) is 6. The Kier molecular flexibility index (Phi) is 12.1. The van der Waals surface area contributed by atoms with E-state index in [0.29, 0.717) is 0 Å². The molecule has 10 heteroatoms. The maximum Gasteiger partial charge on any atom is 1.00 e. The first kappa shape index (κ1) is 19.4. The normalized spacial score (nSPS) is 12.6. The van der Waals surface area contributed by atoms with Gasteiger partial charge < -0.3 is 17.5 Å². The quantitative estimate of drug-likeness (QED) is 0.403. The smallest absolute Gasteiger partial charge is 0.740 e. The van der Waals surface area contributed by atoms with Gasteiger partial charge in [0.15, 0.2) is 0 Å². The van der Waals surface area contributed by atoms with Crippen LogP contribution in [0.3, 0.4) is 0 Å². The molecule has 1 aromatic rings. The molecule has 6 nitrogen and oxygen atoms in total. The van der Waals surface area contributed by atoms with Gasteiger partial charge in [0.1, 0.15) is 34.2 Å². The van der Waals surface area contributed by atoms with E-state index in [0.717, 1.165) is 0 Å². The van der Waals surface area contributed by atoms with Gasteiger partial charge in [0.25, 0.3) is 0 Å². The van der Waals surface area contributed by atoms with Gasteiger partial charge in [-0.3, -0.25) is 0 Å². The first-order valence-electron chi connectivity index (χ1n) is 3.23. The SMILES string of the molecule is O=S([O-])Oc1ccc(OS(=O)[O-])cc1.[Na+].[Na+]. The van der Waals surface area contributed by atoms with Crippen LogP contribution in [0, 0.1) is 0 Å². The fraction of sp³-hybridized carbons (Fsp3) is 0. The second-order valence-corrected chi connectivity index (χ2v) is 3.20. The summed E-state index contributed by atoms with van der Waals surface area (Å²) in [5, 5.41) is 0. The maximum absolute atomic E-state index is 10.1. The molecule has 0 saturated heterocycles. The van der Waals surface area contributed by atoms with E-state index in [4.69, 9.17) is 0 Å². The van der Waals surface area contributed by atoms with Crippen LogP contribution in [-0.2, 0) is 22.7 Å². The van der Waals surface area contributed by atoms with Gasteiger partial charge in [-0.15, -0.1) is 0 Å². The van der Waals surface area contributed by atoms with Crippen LogP contribution in [0.15, 0.2) is 24.3 Å². The summed E-state index contributed by atoms with van der Waals surface area (Å²) in [6.07, 6.45) is 0. The van der Waals surface area contributed by atoms with Crippen molar-refractivity contribution in [3.63, 3.8) is 0 Å². The van der Waals surface area contributed by atoms with E-state index in [1.165, 1.54) is 24.3 Å². The van der Waals surface area contributed by atoms with Gasteiger partial charge in [0, 0.05) is 0 Å². The molecule has 0 aliphatic carbocycles. The third-order valence-electron chi connectivity index (χ3n) is 1.15. The van der Waals surface area contributed by atoms with Crippen molar-refractivity contribution in [2.75, 3.05) is 0 Å². The second-order valence-electron chi connectivity index (χ2n) is 2.05. The van der Waals surface area contributed by atoms with Gasteiger partial charge in [0.05, 0.1) is 0 Å². The van der Waals surface area contributed by atoms with Crippen molar-refractivity contribution < 1.29 is 85.0 Å². The summed E-state index contributed by atoms with van der Waals surface area (Å²) in [5.41, 5.74) is 0. The number of rotatable bonds is 4. The summed E-state index contributed by atoms with van der Waals surface area (Å²) in [7, 11) is 0. The standard InChI is InChI=1S/C6H6O6S2.2Na/c7-13(8)11-5-1-2-6(4-3-5)12-14(9)10;;/h1-4H,(H,7,8)(H,9,10);;/q;2*+1/p-2. The molecule has 1 aromatic carbocycles. The molecule has 1 rings (SSSR count). The van der Waals surface area contributed by atoms with E-state index < -0.39 is 22.7 Å². The first-order chi connectivity index (χ1) is 6.58. The van der Waals surface area contributed by atoms with Crippen LogP contribution in [-0.4, -0.2) is 17.5 Å². The molecule has 78 valence electrons. The molecular weight excluding hydrogens is 278 g/mol. The Labute approximate surface area is 142 Å². The van der Waals surface area contributed by atoms with Gasteiger partial charge in [-0.05, 0) is 24.3 Å². The van der Waals surface area contributed by atoms with Gasteiger partial charge >= 0.3 is 59.1 Å². The Bertz CT molecular complexity index is 322. The zero-order valence-electron chi connectivity index (χ0n) is 8.58. The molecule has 0 bridgehead atoms. The molecule has 0 spiro atoms. The Morgan fingerprint density at radius 3 is 1.25 bits per heavy atom. The average Bonchev–Trinajstić information content (AvgIpc) is 2.06. The first-order valence-corrected chi connectivity index (χ1v) is 5.23. The Balaban J connectivity index is 0. The van der Waals surface area contributed by atoms with Crippen molar-refractivity contribution in [1.82, 2.24) is 0 Å². The van der Waals surface area contributed by atoms with Crippen molar-refractivity contribution in [2.24, 2.45) is 0 Å². The van der Waals surface area contributed by atoms with Gasteiger partial charge in [0.2, 0.25) is 0 Å². The van der Waals surface area contributed by atoms with E-state index in [2.05, 4.69) is 8.37 Å². The minimum absolute atomic E-state index is 0. The minimum atomic E-state index is -2.65. The molecule has 0 aliphatic heterocycles. The van der Waals surface area contributed by atoms with Gasteiger partial charge in [-0.1, -0.05) is 0 Å². The molecule has 0 fully saturated rings. The average molecular weight is 282 g/mol. The van der Waals surface area contributed by atoms with E-state index in [1.54, 1.807) is 0 Å². The zero-order valence-corrected chi connectivity index (χ0v) is 14.2. The molecule has 0 amide bonds. The number of benzene rings is 1. The monoisotopic (exact) mass is 282 g/mol. The van der Waals surface area contributed by atoms with Crippen molar-refractivity contribution in [1.29, 1.82) is 0 Å². The number of hydrogen-bond donors (Lipinski definition) is 0. The van der Waals surface area contributed by atoms with Crippen LogP contribution in [0.25, 0.3) is 0 Å². The van der Waals surface area contributed by atoms with Crippen molar-refractivity contribution in [3.05, 3.63) is 24.3 Å². The van der Waals surface area contributed by atoms with Crippen LogP contribution in [0.2, 0.25) is 0 Å². The van der Waals surface area contributed by atoms with Crippen molar-refractivity contribution >= 4 is 22.7 Å². The predicted molar refractivity (Wildman–Crippen MR) is 45.5 cm³/mol. The Morgan fingerprint density at radius 1 is 0.812 bits per heavy atom. The molecule has 2 atom stereocenters. The van der Waals surface area contributed by atoms with E-state index in [-0.39, 0.29) is 70.6 Å². The molecule has 0 aliphatic rings. The van der Waals surface area contributed by atoms with Crippen LogP contribution in [0.4, 0.5) is 0 Å². The summed E-state index contributed by atoms with van der Waals surface area (Å²) >= 11 is -5.29. The predicted octanol–water partition coefficient (Wildman–Crippen LogP) is -5.96. The fourth-order valence-corrected chi connectivity index (χ4v) is 1.24. The fourth-order valence-electron chi connectivity index (χ4n) is 0.708. The Morgan fingerprint density at radius 2 is 1.06 bits per heavy atom. The summed E-state index contributed by atoms with van der Waals surface area (Å²) < 4.78 is 48.9. The third-order valence-corrected chi connectivity index (χ3v) is 1.81. The molecule has 16 heavy (non-hydrogen) atoms. The molecule has 0 heterocycles. The topological polar surface area (TPSA) is 98.7 Å². The van der Waals surface area contributed by atoms with E-state index in [9.17, 15) is 17.5 Å². The summed E-state index contributed by atoms with van der Waals surface area (Å²) in [6.45, 7) is 0. The molecule has 2 unspecified atom stereocenters. The van der Waals surface area contributed by atoms with Gasteiger partial charge in [-0.2, -0.15) is 0 Å². The second kappa shape index (κ2) is 10.0. The summed E-state index contributed by atoms with van der Waals surface area (Å²) in [5.74, 6) is 0.143. The van der Waals surface area contributed by atoms with Crippen LogP contribution in [0.1, 0.15) is 0 Å². The van der Waals surface area contributed by atoms with Crippen LogP contribution in [0.5, 0.6) is 11.5 Å². The Hall–Kier alpha value is 1.04. The molecule has 0 radical (unpaired) electrons. The molecule has 0 aromatic heterocycles. The van der Waals surface area contributed by atoms with E-state index >= 15 is 0 Å². The largest absolute Gasteiger partial charge is 1.00 e. The van der Waals surface area contributed by atoms with Crippen molar-refractivity contribution in [2.45, 2.75) is 0 Å². The molecule has 0 N–H and O–H groups in total. The van der Waals surface area contributed by atoms with Gasteiger partial charge in [-0.25, -0.2) is 8.42 Å². The zero-order chi connectivity index (χ0) is 10.6. The minimum Gasteiger partial charge on any atom is -0.740 e. The summed E-state index contributed by atoms with van der Waals surface area (Å²) in [6, 6.07) is 5.05. The maximum atomic E-state index is 10.1. The summed E-state index contributed by atoms with van der Waals surface area (Å²) in [4.78, 5) is 0. The van der Waals surface area contributed by atoms with Crippen LogP contribution >= 0.6 is 0 Å².